The number of benzene rings is 1. The Labute approximate surface area is 215 Å². The van der Waals surface area contributed by atoms with Crippen LogP contribution in [0.2, 0.25) is 0 Å². The second-order valence-corrected chi connectivity index (χ2v) is 10.7. The van der Waals surface area contributed by atoms with Gasteiger partial charge in [0, 0.05) is 17.4 Å². The number of carbonyl (C=O) groups is 1. The summed E-state index contributed by atoms with van der Waals surface area (Å²) in [5, 5.41) is 42.1. The van der Waals surface area contributed by atoms with Crippen molar-refractivity contribution in [3.8, 4) is 11.5 Å². The van der Waals surface area contributed by atoms with Crippen LogP contribution in [0.3, 0.4) is 0 Å². The normalized spacial score (nSPS) is 32.8. The van der Waals surface area contributed by atoms with Gasteiger partial charge in [-0.15, -0.1) is 0 Å². The summed E-state index contributed by atoms with van der Waals surface area (Å²) < 4.78 is 10.4. The lowest BCUT2D eigenvalue weighted by Gasteiger charge is -2.59. The van der Waals surface area contributed by atoms with Gasteiger partial charge in [-0.3, -0.25) is 10.1 Å². The van der Waals surface area contributed by atoms with Gasteiger partial charge in [-0.2, -0.15) is 0 Å². The highest BCUT2D eigenvalue weighted by Crippen LogP contribution is 2.61. The van der Waals surface area contributed by atoms with Crippen molar-refractivity contribution in [2.24, 2.45) is 22.7 Å². The molecule has 3 N–H and O–H groups in total. The Morgan fingerprint density at radius 3 is 2.70 bits per heavy atom. The number of ether oxygens (including phenoxy) is 2. The topological polar surface area (TPSA) is 139 Å². The number of hydrogen-bond acceptors (Lipinski definition) is 8. The maximum Gasteiger partial charge on any atom is 0.343 e. The lowest BCUT2D eigenvalue weighted by Crippen LogP contribution is -2.57. The molecule has 0 saturated heterocycles. The molecule has 0 amide bonds. The predicted octanol–water partition coefficient (Wildman–Crippen LogP) is 4.43. The molecule has 2 aliphatic carbocycles. The molecule has 4 rings (SSSR count). The maximum absolute atomic E-state index is 12.6. The number of methoxy groups -OCH3 is 1. The van der Waals surface area contributed by atoms with E-state index in [1.807, 2.05) is 13.0 Å². The highest BCUT2D eigenvalue weighted by molar-refractivity contribution is 5.96. The molecule has 2 fully saturated rings. The first-order chi connectivity index (χ1) is 17.4. The highest BCUT2D eigenvalue weighted by Gasteiger charge is 2.57. The van der Waals surface area contributed by atoms with E-state index in [0.717, 1.165) is 24.8 Å². The van der Waals surface area contributed by atoms with Gasteiger partial charge in [-0.1, -0.05) is 38.2 Å². The second-order valence-electron chi connectivity index (χ2n) is 10.7. The molecular weight excluding hydrogens is 478 g/mol. The lowest BCUT2D eigenvalue weighted by atomic mass is 9.46. The van der Waals surface area contributed by atoms with E-state index >= 15 is 0 Å². The second kappa shape index (κ2) is 9.79. The summed E-state index contributed by atoms with van der Waals surface area (Å²) in [7, 11) is 1.29. The number of esters is 1. The van der Waals surface area contributed by atoms with Crippen molar-refractivity contribution in [3.63, 3.8) is 0 Å². The van der Waals surface area contributed by atoms with E-state index in [-0.39, 0.29) is 35.4 Å². The minimum absolute atomic E-state index is 0.0460. The molecule has 3 aliphatic rings. The van der Waals surface area contributed by atoms with Crippen molar-refractivity contribution < 1.29 is 34.5 Å². The molecule has 2 unspecified atom stereocenters. The zero-order valence-corrected chi connectivity index (χ0v) is 21.3. The first kappa shape index (κ1) is 26.6. The fourth-order valence-electron chi connectivity index (χ4n) is 6.44. The van der Waals surface area contributed by atoms with E-state index in [1.165, 1.54) is 25.3 Å². The third-order valence-electron chi connectivity index (χ3n) is 8.57. The number of rotatable bonds is 6. The molecule has 0 bridgehead atoms. The summed E-state index contributed by atoms with van der Waals surface area (Å²) in [5.41, 5.74) is 0.348. The molecule has 198 valence electrons. The number of nitro benzene ring substituents is 1. The van der Waals surface area contributed by atoms with E-state index in [1.54, 1.807) is 12.2 Å². The minimum Gasteiger partial charge on any atom is -0.500 e. The molecule has 37 heavy (non-hydrogen) atoms. The average molecular weight is 512 g/mol. The van der Waals surface area contributed by atoms with E-state index < -0.39 is 33.8 Å². The van der Waals surface area contributed by atoms with Crippen LogP contribution in [0.5, 0.6) is 11.5 Å². The maximum atomic E-state index is 12.6. The molecular formula is C28H33NO8. The molecule has 9 nitrogen and oxygen atoms in total. The standard InChI is InChI=1S/C28H33NO8/c1-16-5-8-23-27(2,10-9-24(31)28(23,3)15-30)20(16)7-6-18-14-19(37-26(18)33)11-17-12-21(29(34)35)25(32)22(13-17)36-4/h6-7,11-14,20,23-24,30-32H,1,5,8-10,15H2,2-4H3/t20?,23?,24-,27-,28+/m1/s1. The average Bonchev–Trinajstić information content (AvgIpc) is 3.20. The smallest absolute Gasteiger partial charge is 0.343 e. The van der Waals surface area contributed by atoms with Crippen LogP contribution in [0.4, 0.5) is 5.69 Å². The summed E-state index contributed by atoms with van der Waals surface area (Å²) in [5.74, 6) is -0.952. The van der Waals surface area contributed by atoms with Crippen LogP contribution in [0.15, 0.2) is 53.8 Å². The SMILES string of the molecule is C=C1CCC2[C@](C)(CC[C@@H](O)[C@@]2(C)CO)C1C=CC1=CC(=Cc2cc(OC)c(O)c([N+](=O)[O-])c2)OC1=O. The first-order valence-corrected chi connectivity index (χ1v) is 12.3. The van der Waals surface area contributed by atoms with Gasteiger partial charge in [0.25, 0.3) is 0 Å². The van der Waals surface area contributed by atoms with Gasteiger partial charge in [0.05, 0.1) is 30.3 Å². The summed E-state index contributed by atoms with van der Waals surface area (Å²) in [4.78, 5) is 23.1. The molecule has 0 spiro atoms. The van der Waals surface area contributed by atoms with Gasteiger partial charge >= 0.3 is 11.7 Å². The van der Waals surface area contributed by atoms with Gasteiger partial charge in [0.1, 0.15) is 5.76 Å². The number of aromatic hydroxyl groups is 1. The zero-order chi connectivity index (χ0) is 27.1. The lowest BCUT2D eigenvalue weighted by molar-refractivity contribution is -0.386. The predicted molar refractivity (Wildman–Crippen MR) is 136 cm³/mol. The van der Waals surface area contributed by atoms with E-state index in [4.69, 9.17) is 9.47 Å². The number of nitrogens with zero attached hydrogens (tertiary/aromatic N) is 1. The van der Waals surface area contributed by atoms with Crippen LogP contribution in [-0.2, 0) is 9.53 Å². The number of phenolic OH excluding ortho intramolecular Hbond substituents is 1. The quantitative estimate of drug-likeness (QED) is 0.221. The van der Waals surface area contributed by atoms with Crippen molar-refractivity contribution in [2.75, 3.05) is 13.7 Å². The van der Waals surface area contributed by atoms with E-state index in [2.05, 4.69) is 13.5 Å². The first-order valence-electron chi connectivity index (χ1n) is 12.3. The van der Waals surface area contributed by atoms with E-state index in [0.29, 0.717) is 17.6 Å². The Balaban J connectivity index is 1.63. The molecule has 0 radical (unpaired) electrons. The van der Waals surface area contributed by atoms with Gasteiger partial charge in [-0.05, 0) is 60.8 Å². The fraction of sp³-hybridized carbons (Fsp3) is 0.464. The van der Waals surface area contributed by atoms with Crippen LogP contribution in [0.1, 0.15) is 45.1 Å². The Bertz CT molecular complexity index is 1230. The minimum atomic E-state index is -0.721. The number of carbonyl (C=O) groups excluding carboxylic acids is 1. The Kier molecular flexibility index (Phi) is 7.05. The van der Waals surface area contributed by atoms with Crippen LogP contribution >= 0.6 is 0 Å². The summed E-state index contributed by atoms with van der Waals surface area (Å²) in [6.07, 6.45) is 9.10. The number of nitro groups is 1. The number of fused-ring (bicyclic) bond motifs is 1. The Morgan fingerprint density at radius 2 is 2.05 bits per heavy atom. The third-order valence-corrected chi connectivity index (χ3v) is 8.57. The summed E-state index contributed by atoms with van der Waals surface area (Å²) in [6, 6.07) is 2.58. The van der Waals surface area contributed by atoms with E-state index in [9.17, 15) is 30.2 Å². The fourth-order valence-corrected chi connectivity index (χ4v) is 6.44. The van der Waals surface area contributed by atoms with Crippen LogP contribution in [0.25, 0.3) is 6.08 Å². The van der Waals surface area contributed by atoms with Gasteiger partial charge < -0.3 is 24.8 Å². The van der Waals surface area contributed by atoms with Crippen LogP contribution in [0, 0.1) is 32.8 Å². The number of cyclic esters (lactones) is 1. The van der Waals surface area contributed by atoms with Crippen LogP contribution in [-0.4, -0.2) is 46.0 Å². The van der Waals surface area contributed by atoms with Crippen molar-refractivity contribution >= 4 is 17.7 Å². The largest absolute Gasteiger partial charge is 0.500 e. The number of allylic oxidation sites excluding steroid dienone is 3. The number of aliphatic hydroxyl groups excluding tert-OH is 2. The molecule has 5 atom stereocenters. The molecule has 9 heteroatoms. The van der Waals surface area contributed by atoms with Gasteiger partial charge in [-0.25, -0.2) is 4.79 Å². The van der Waals surface area contributed by atoms with Gasteiger partial charge in [0.15, 0.2) is 5.75 Å². The van der Waals surface area contributed by atoms with Crippen molar-refractivity contribution in [1.82, 2.24) is 0 Å². The highest BCUT2D eigenvalue weighted by atomic mass is 16.6. The van der Waals surface area contributed by atoms with Gasteiger partial charge in [0.2, 0.25) is 5.75 Å². The Morgan fingerprint density at radius 1 is 1.32 bits per heavy atom. The number of hydrogen-bond donors (Lipinski definition) is 3. The number of aliphatic hydroxyl groups is 2. The monoisotopic (exact) mass is 511 g/mol. The molecule has 1 aromatic rings. The third kappa shape index (κ3) is 4.57. The molecule has 0 aromatic heterocycles. The molecule has 1 heterocycles. The molecule has 1 aliphatic heterocycles. The van der Waals surface area contributed by atoms with Crippen molar-refractivity contribution in [1.29, 1.82) is 0 Å². The Hall–Kier alpha value is -3.43. The zero-order valence-electron chi connectivity index (χ0n) is 21.3. The van der Waals surface area contributed by atoms with Crippen molar-refractivity contribution in [3.05, 3.63) is 69.5 Å². The van der Waals surface area contributed by atoms with Crippen molar-refractivity contribution in [2.45, 2.75) is 45.6 Å². The number of phenols is 1. The molecule has 2 saturated carbocycles. The summed E-state index contributed by atoms with van der Waals surface area (Å²) in [6.45, 7) is 8.33. The summed E-state index contributed by atoms with van der Waals surface area (Å²) >= 11 is 0. The molecule has 1 aromatic carbocycles. The van der Waals surface area contributed by atoms with Crippen LogP contribution < -0.4 is 4.74 Å².